The lowest BCUT2D eigenvalue weighted by molar-refractivity contribution is -0.140. The Morgan fingerprint density at radius 2 is 1.77 bits per heavy atom. The van der Waals surface area contributed by atoms with Crippen LogP contribution in [0.4, 0.5) is 0 Å². The van der Waals surface area contributed by atoms with Crippen LogP contribution in [0.5, 0.6) is 5.75 Å². The van der Waals surface area contributed by atoms with Crippen LogP contribution < -0.4 is 4.74 Å². The Morgan fingerprint density at radius 3 is 2.35 bits per heavy atom. The van der Waals surface area contributed by atoms with E-state index in [1.807, 2.05) is 36.5 Å². The van der Waals surface area contributed by atoms with Gasteiger partial charge in [-0.05, 0) is 73.9 Å². The third-order valence-electron chi connectivity index (χ3n) is 5.48. The lowest BCUT2D eigenvalue weighted by Crippen LogP contribution is -2.25. The van der Waals surface area contributed by atoms with Crippen molar-refractivity contribution in [3.63, 3.8) is 0 Å². The highest BCUT2D eigenvalue weighted by molar-refractivity contribution is 5.75. The van der Waals surface area contributed by atoms with Gasteiger partial charge in [0.2, 0.25) is 0 Å². The van der Waals surface area contributed by atoms with Crippen LogP contribution in [0.3, 0.4) is 0 Å². The van der Waals surface area contributed by atoms with Crippen molar-refractivity contribution >= 4 is 5.97 Å². The largest absolute Gasteiger partial charge is 0.426 e. The van der Waals surface area contributed by atoms with Crippen molar-refractivity contribution < 1.29 is 9.53 Å². The molecule has 1 aromatic heterocycles. The number of ether oxygens (including phenoxy) is 1. The van der Waals surface area contributed by atoms with Crippen molar-refractivity contribution in [2.24, 2.45) is 11.8 Å². The molecule has 0 saturated heterocycles. The van der Waals surface area contributed by atoms with Crippen LogP contribution in [0.15, 0.2) is 42.6 Å². The first-order valence-corrected chi connectivity index (χ1v) is 9.96. The fourth-order valence-electron chi connectivity index (χ4n) is 3.79. The lowest BCUT2D eigenvalue weighted by atomic mass is 9.80. The zero-order valence-corrected chi connectivity index (χ0v) is 15.9. The molecule has 1 saturated carbocycles. The second-order valence-electron chi connectivity index (χ2n) is 7.36. The van der Waals surface area contributed by atoms with Gasteiger partial charge < -0.3 is 4.74 Å². The minimum atomic E-state index is -0.0712. The normalized spacial score (nSPS) is 19.9. The van der Waals surface area contributed by atoms with Gasteiger partial charge in [0.25, 0.3) is 0 Å². The number of hydrogen-bond donors (Lipinski definition) is 0. The number of pyridine rings is 1. The lowest BCUT2D eigenvalue weighted by Gasteiger charge is -2.26. The molecule has 3 rings (SSSR count). The van der Waals surface area contributed by atoms with Crippen molar-refractivity contribution in [3.05, 3.63) is 48.2 Å². The molecule has 0 atom stereocenters. The zero-order valence-electron chi connectivity index (χ0n) is 15.9. The first-order valence-electron chi connectivity index (χ1n) is 9.96. The predicted octanol–water partition coefficient (Wildman–Crippen LogP) is 5.82. The van der Waals surface area contributed by atoms with Crippen LogP contribution in [-0.2, 0) is 11.2 Å². The average molecular weight is 351 g/mol. The Hall–Kier alpha value is -2.16. The molecule has 0 aliphatic heterocycles. The van der Waals surface area contributed by atoms with E-state index in [1.54, 1.807) is 0 Å². The Labute approximate surface area is 156 Å². The van der Waals surface area contributed by atoms with Gasteiger partial charge in [-0.1, -0.05) is 32.8 Å². The van der Waals surface area contributed by atoms with Gasteiger partial charge in [-0.15, -0.1) is 0 Å². The van der Waals surface area contributed by atoms with E-state index in [2.05, 4.69) is 24.9 Å². The number of rotatable bonds is 6. The molecule has 138 valence electrons. The van der Waals surface area contributed by atoms with E-state index in [1.165, 1.54) is 18.4 Å². The van der Waals surface area contributed by atoms with Crippen LogP contribution in [0.25, 0.3) is 11.3 Å². The van der Waals surface area contributed by atoms with Gasteiger partial charge in [-0.2, -0.15) is 0 Å². The fraction of sp³-hybridized carbons (Fsp3) is 0.478. The van der Waals surface area contributed by atoms with Crippen molar-refractivity contribution in [1.29, 1.82) is 0 Å². The maximum Gasteiger partial charge on any atom is 0.314 e. The summed E-state index contributed by atoms with van der Waals surface area (Å²) in [4.78, 5) is 16.9. The molecule has 0 spiro atoms. The highest BCUT2D eigenvalue weighted by Crippen LogP contribution is 2.32. The molecule has 1 fully saturated rings. The molecule has 26 heavy (non-hydrogen) atoms. The van der Waals surface area contributed by atoms with Crippen LogP contribution in [0.1, 0.15) is 57.9 Å². The van der Waals surface area contributed by atoms with Crippen LogP contribution >= 0.6 is 0 Å². The van der Waals surface area contributed by atoms with E-state index >= 15 is 0 Å². The van der Waals surface area contributed by atoms with E-state index in [9.17, 15) is 4.79 Å². The number of aryl methyl sites for hydroxylation is 1. The van der Waals surface area contributed by atoms with Gasteiger partial charge in [0.1, 0.15) is 5.75 Å². The maximum absolute atomic E-state index is 12.4. The van der Waals surface area contributed by atoms with Crippen LogP contribution in [-0.4, -0.2) is 11.0 Å². The second kappa shape index (κ2) is 8.98. The topological polar surface area (TPSA) is 39.2 Å². The molecular formula is C23H29NO2. The summed E-state index contributed by atoms with van der Waals surface area (Å²) in [7, 11) is 0. The molecule has 0 radical (unpaired) electrons. The van der Waals surface area contributed by atoms with Gasteiger partial charge >= 0.3 is 5.97 Å². The first-order chi connectivity index (χ1) is 12.7. The standard InChI is InChI=1S/C23H29NO2/c1-3-5-18-6-9-20(10-7-18)23(25)26-21-13-11-19(12-14-21)22-15-8-17(4-2)16-24-22/h8,11-16,18,20H,3-7,9-10H2,1-2H3. The minimum Gasteiger partial charge on any atom is -0.426 e. The summed E-state index contributed by atoms with van der Waals surface area (Å²) in [6.07, 6.45) is 9.68. The Kier molecular flexibility index (Phi) is 6.43. The summed E-state index contributed by atoms with van der Waals surface area (Å²) >= 11 is 0. The Morgan fingerprint density at radius 1 is 1.04 bits per heavy atom. The van der Waals surface area contributed by atoms with Gasteiger partial charge in [0, 0.05) is 11.8 Å². The maximum atomic E-state index is 12.4. The van der Waals surface area contributed by atoms with E-state index in [0.717, 1.165) is 49.3 Å². The molecule has 0 N–H and O–H groups in total. The number of aromatic nitrogens is 1. The molecule has 0 unspecified atom stereocenters. The average Bonchev–Trinajstić information content (AvgIpc) is 2.69. The summed E-state index contributed by atoms with van der Waals surface area (Å²) in [6.45, 7) is 4.35. The second-order valence-corrected chi connectivity index (χ2v) is 7.36. The van der Waals surface area contributed by atoms with Crippen molar-refractivity contribution in [2.75, 3.05) is 0 Å². The quantitative estimate of drug-likeness (QED) is 0.486. The van der Waals surface area contributed by atoms with Gasteiger partial charge in [0.05, 0.1) is 11.6 Å². The van der Waals surface area contributed by atoms with Gasteiger partial charge in [-0.3, -0.25) is 9.78 Å². The number of carbonyl (C=O) groups is 1. The highest BCUT2D eigenvalue weighted by atomic mass is 16.5. The molecular weight excluding hydrogens is 322 g/mol. The molecule has 3 nitrogen and oxygen atoms in total. The third kappa shape index (κ3) is 4.72. The molecule has 1 heterocycles. The van der Waals surface area contributed by atoms with Crippen LogP contribution in [0.2, 0.25) is 0 Å². The monoisotopic (exact) mass is 351 g/mol. The molecule has 1 aliphatic carbocycles. The predicted molar refractivity (Wildman–Crippen MR) is 105 cm³/mol. The molecule has 1 aliphatic rings. The molecule has 0 amide bonds. The number of benzene rings is 1. The summed E-state index contributed by atoms with van der Waals surface area (Å²) in [5.74, 6) is 1.42. The molecule has 2 aromatic rings. The zero-order chi connectivity index (χ0) is 18.4. The highest BCUT2D eigenvalue weighted by Gasteiger charge is 2.27. The van der Waals surface area contributed by atoms with E-state index in [-0.39, 0.29) is 11.9 Å². The van der Waals surface area contributed by atoms with Crippen LogP contribution in [0, 0.1) is 11.8 Å². The van der Waals surface area contributed by atoms with E-state index < -0.39 is 0 Å². The van der Waals surface area contributed by atoms with Gasteiger partial charge in [-0.25, -0.2) is 0 Å². The number of esters is 1. The third-order valence-corrected chi connectivity index (χ3v) is 5.48. The smallest absolute Gasteiger partial charge is 0.314 e. The fourth-order valence-corrected chi connectivity index (χ4v) is 3.79. The van der Waals surface area contributed by atoms with E-state index in [0.29, 0.717) is 5.75 Å². The van der Waals surface area contributed by atoms with E-state index in [4.69, 9.17) is 4.74 Å². The van der Waals surface area contributed by atoms with Crippen molar-refractivity contribution in [2.45, 2.75) is 58.8 Å². The number of nitrogens with zero attached hydrogens (tertiary/aromatic N) is 1. The van der Waals surface area contributed by atoms with Crippen molar-refractivity contribution in [1.82, 2.24) is 4.98 Å². The first kappa shape index (κ1) is 18.6. The summed E-state index contributed by atoms with van der Waals surface area (Å²) < 4.78 is 5.62. The SMILES string of the molecule is CCCC1CCC(C(=O)Oc2ccc(-c3ccc(CC)cn3)cc2)CC1. The molecule has 3 heteroatoms. The summed E-state index contributed by atoms with van der Waals surface area (Å²) in [5.41, 5.74) is 3.20. The Balaban J connectivity index is 1.56. The van der Waals surface area contributed by atoms with Gasteiger partial charge in [0.15, 0.2) is 0 Å². The Bertz CT molecular complexity index is 698. The van der Waals surface area contributed by atoms with Crippen molar-refractivity contribution in [3.8, 4) is 17.0 Å². The molecule has 1 aromatic carbocycles. The summed E-state index contributed by atoms with van der Waals surface area (Å²) in [5, 5.41) is 0. The number of carbonyl (C=O) groups excluding carboxylic acids is 1. The summed E-state index contributed by atoms with van der Waals surface area (Å²) in [6, 6.07) is 11.8. The molecule has 0 bridgehead atoms. The number of hydrogen-bond acceptors (Lipinski definition) is 3. The minimum absolute atomic E-state index is 0.0611.